The van der Waals surface area contributed by atoms with Gasteiger partial charge in [0, 0.05) is 39.6 Å². The Labute approximate surface area is 153 Å². The zero-order valence-electron chi connectivity index (χ0n) is 14.6. The van der Waals surface area contributed by atoms with Crippen molar-refractivity contribution in [3.05, 3.63) is 70.4 Å². The molecule has 2 aromatic carbocycles. The molecular formula is C21H22ClN3. The molecule has 1 heterocycles. The minimum atomic E-state index is 0.662. The molecule has 1 aromatic heterocycles. The van der Waals surface area contributed by atoms with E-state index in [1.807, 2.05) is 49.4 Å². The molecule has 3 aromatic rings. The van der Waals surface area contributed by atoms with Crippen LogP contribution >= 0.6 is 11.6 Å². The van der Waals surface area contributed by atoms with Gasteiger partial charge in [0.2, 0.25) is 0 Å². The van der Waals surface area contributed by atoms with Gasteiger partial charge in [-0.15, -0.1) is 0 Å². The van der Waals surface area contributed by atoms with Gasteiger partial charge in [0.05, 0.1) is 5.52 Å². The summed E-state index contributed by atoms with van der Waals surface area (Å²) in [6, 6.07) is 16.0. The topological polar surface area (TPSA) is 48.8 Å². The highest BCUT2D eigenvalue weighted by Gasteiger charge is 2.09. The molecule has 0 spiro atoms. The first-order valence-electron chi connectivity index (χ1n) is 8.55. The smallest absolute Gasteiger partial charge is 0.0732 e. The van der Waals surface area contributed by atoms with E-state index in [2.05, 4.69) is 23.3 Å². The predicted octanol–water partition coefficient (Wildman–Crippen LogP) is 5.98. The van der Waals surface area contributed by atoms with E-state index in [9.17, 15) is 0 Å². The summed E-state index contributed by atoms with van der Waals surface area (Å²) in [5.41, 5.74) is 5.58. The highest BCUT2D eigenvalue weighted by Crippen LogP contribution is 2.24. The summed E-state index contributed by atoms with van der Waals surface area (Å²) in [6.45, 7) is 4.74. The van der Waals surface area contributed by atoms with Crippen LogP contribution < -0.4 is 5.32 Å². The lowest BCUT2D eigenvalue weighted by Crippen LogP contribution is -2.03. The maximum absolute atomic E-state index is 8.32. The van der Waals surface area contributed by atoms with Crippen LogP contribution in [0.3, 0.4) is 0 Å². The lowest BCUT2D eigenvalue weighted by Gasteiger charge is -2.12. The number of anilines is 1. The second kappa shape index (κ2) is 7.66. The van der Waals surface area contributed by atoms with Gasteiger partial charge in [0.15, 0.2) is 0 Å². The highest BCUT2D eigenvalue weighted by molar-refractivity contribution is 6.31. The van der Waals surface area contributed by atoms with Gasteiger partial charge in [0.1, 0.15) is 0 Å². The number of hydrogen-bond donors (Lipinski definition) is 2. The fourth-order valence-electron chi connectivity index (χ4n) is 2.94. The van der Waals surface area contributed by atoms with E-state index in [-0.39, 0.29) is 0 Å². The normalized spacial score (nSPS) is 10.8. The van der Waals surface area contributed by atoms with E-state index in [1.54, 1.807) is 0 Å². The fraction of sp³-hybridized carbons (Fsp3) is 0.238. The van der Waals surface area contributed by atoms with Crippen molar-refractivity contribution in [3.63, 3.8) is 0 Å². The van der Waals surface area contributed by atoms with Crippen LogP contribution in [0.25, 0.3) is 10.9 Å². The van der Waals surface area contributed by atoms with Crippen molar-refractivity contribution in [2.45, 2.75) is 33.2 Å². The number of nitrogens with one attached hydrogen (secondary N) is 2. The Balaban J connectivity index is 1.89. The molecule has 0 aliphatic heterocycles. The lowest BCUT2D eigenvalue weighted by molar-refractivity contribution is 0.986. The van der Waals surface area contributed by atoms with Gasteiger partial charge >= 0.3 is 0 Å². The van der Waals surface area contributed by atoms with Gasteiger partial charge in [-0.25, -0.2) is 0 Å². The van der Waals surface area contributed by atoms with Crippen LogP contribution in [0, 0.1) is 12.3 Å². The Hall–Kier alpha value is -2.39. The van der Waals surface area contributed by atoms with E-state index >= 15 is 0 Å². The lowest BCUT2D eigenvalue weighted by atomic mass is 10.0. The number of hydrogen-bond acceptors (Lipinski definition) is 3. The summed E-state index contributed by atoms with van der Waals surface area (Å²) in [5, 5.41) is 13.5. The Morgan fingerprint density at radius 3 is 2.72 bits per heavy atom. The molecule has 0 unspecified atom stereocenters. The zero-order valence-corrected chi connectivity index (χ0v) is 15.3. The van der Waals surface area contributed by atoms with Crippen molar-refractivity contribution < 1.29 is 0 Å². The van der Waals surface area contributed by atoms with E-state index in [0.29, 0.717) is 12.3 Å². The highest BCUT2D eigenvalue weighted by atomic mass is 35.5. The summed E-state index contributed by atoms with van der Waals surface area (Å²) in [7, 11) is 0. The number of aryl methyl sites for hydroxylation is 1. The minimum Gasteiger partial charge on any atom is -0.381 e. The van der Waals surface area contributed by atoms with Gasteiger partial charge in [-0.2, -0.15) is 0 Å². The summed E-state index contributed by atoms with van der Waals surface area (Å²) >= 11 is 6.22. The number of fused-ring (bicyclic) bond motifs is 1. The van der Waals surface area contributed by atoms with Gasteiger partial charge in [-0.3, -0.25) is 4.98 Å². The molecule has 4 heteroatoms. The van der Waals surface area contributed by atoms with Crippen LogP contribution in [0.1, 0.15) is 36.6 Å². The maximum atomic E-state index is 8.32. The number of aromatic nitrogens is 1. The van der Waals surface area contributed by atoms with E-state index in [1.165, 1.54) is 0 Å². The molecular weight excluding hydrogens is 330 g/mol. The molecule has 0 fully saturated rings. The summed E-state index contributed by atoms with van der Waals surface area (Å²) < 4.78 is 0. The second-order valence-corrected chi connectivity index (χ2v) is 6.62. The Morgan fingerprint density at radius 2 is 1.96 bits per heavy atom. The first-order valence-corrected chi connectivity index (χ1v) is 8.92. The summed E-state index contributed by atoms with van der Waals surface area (Å²) in [6.07, 6.45) is 1.75. The van der Waals surface area contributed by atoms with Crippen molar-refractivity contribution in [1.82, 2.24) is 4.98 Å². The monoisotopic (exact) mass is 351 g/mol. The number of rotatable bonds is 6. The number of nitrogens with zero attached hydrogens (tertiary/aromatic N) is 1. The Bertz CT molecular complexity index is 918. The quantitative estimate of drug-likeness (QED) is 0.537. The van der Waals surface area contributed by atoms with E-state index in [4.69, 9.17) is 17.0 Å². The van der Waals surface area contributed by atoms with Crippen molar-refractivity contribution in [2.24, 2.45) is 0 Å². The van der Waals surface area contributed by atoms with Crippen molar-refractivity contribution in [3.8, 4) is 0 Å². The van der Waals surface area contributed by atoms with Crippen molar-refractivity contribution in [2.75, 3.05) is 5.32 Å². The second-order valence-electron chi connectivity index (χ2n) is 6.22. The van der Waals surface area contributed by atoms with Crippen LogP contribution in [0.4, 0.5) is 5.69 Å². The molecule has 0 saturated carbocycles. The van der Waals surface area contributed by atoms with Gasteiger partial charge in [-0.05, 0) is 43.2 Å². The van der Waals surface area contributed by atoms with E-state index < -0.39 is 0 Å². The molecule has 0 aliphatic rings. The number of halogens is 1. The van der Waals surface area contributed by atoms with Crippen molar-refractivity contribution in [1.29, 1.82) is 5.41 Å². The number of benzene rings is 2. The van der Waals surface area contributed by atoms with Crippen LogP contribution in [-0.4, -0.2) is 10.7 Å². The largest absolute Gasteiger partial charge is 0.381 e. The summed E-state index contributed by atoms with van der Waals surface area (Å²) in [5.74, 6) is 0. The molecule has 25 heavy (non-hydrogen) atoms. The fourth-order valence-corrected chi connectivity index (χ4v) is 3.15. The standard InChI is InChI=1S/C21H22ClN3/c1-3-6-20(23)18-11-14(2)25-21-12-16(9-10-17(18)21)24-13-15-7-4-5-8-19(15)22/h4-5,7-12,23-24H,3,6,13H2,1-2H3. The number of pyridine rings is 1. The Morgan fingerprint density at radius 1 is 1.16 bits per heavy atom. The molecule has 3 nitrogen and oxygen atoms in total. The van der Waals surface area contributed by atoms with Crippen LogP contribution in [0.2, 0.25) is 5.02 Å². The molecule has 2 N–H and O–H groups in total. The average molecular weight is 352 g/mol. The van der Waals surface area contributed by atoms with Crippen LogP contribution in [0.5, 0.6) is 0 Å². The van der Waals surface area contributed by atoms with Gasteiger partial charge in [0.25, 0.3) is 0 Å². The third kappa shape index (κ3) is 3.99. The van der Waals surface area contributed by atoms with Crippen LogP contribution in [0.15, 0.2) is 48.5 Å². The first-order chi connectivity index (χ1) is 12.1. The first kappa shape index (κ1) is 17.4. The molecule has 0 saturated heterocycles. The molecule has 0 aliphatic carbocycles. The Kier molecular flexibility index (Phi) is 5.34. The predicted molar refractivity (Wildman–Crippen MR) is 107 cm³/mol. The third-order valence-electron chi connectivity index (χ3n) is 4.20. The minimum absolute atomic E-state index is 0.662. The third-order valence-corrected chi connectivity index (χ3v) is 4.57. The SMILES string of the molecule is CCCC(=N)c1cc(C)nc2cc(NCc3ccccc3Cl)ccc12. The molecule has 0 radical (unpaired) electrons. The maximum Gasteiger partial charge on any atom is 0.0732 e. The molecule has 3 rings (SSSR count). The molecule has 0 atom stereocenters. The zero-order chi connectivity index (χ0) is 17.8. The van der Waals surface area contributed by atoms with Gasteiger partial charge in [-0.1, -0.05) is 49.2 Å². The van der Waals surface area contributed by atoms with Crippen molar-refractivity contribution >= 4 is 33.9 Å². The average Bonchev–Trinajstić information content (AvgIpc) is 2.60. The van der Waals surface area contributed by atoms with Crippen LogP contribution in [-0.2, 0) is 6.54 Å². The summed E-state index contributed by atoms with van der Waals surface area (Å²) in [4.78, 5) is 4.65. The van der Waals surface area contributed by atoms with E-state index in [0.717, 1.165) is 51.3 Å². The molecule has 0 bridgehead atoms. The van der Waals surface area contributed by atoms with Gasteiger partial charge < -0.3 is 10.7 Å². The molecule has 128 valence electrons. The molecule has 0 amide bonds.